The number of hydrogen-bond acceptors (Lipinski definition) is 3. The average molecular weight is 1290 g/mol. The minimum atomic E-state index is -4.52. The molecule has 6 nitrogen and oxygen atoms in total. The van der Waals surface area contributed by atoms with Crippen molar-refractivity contribution in [2.75, 3.05) is 0 Å². The maximum atomic E-state index is 10.4. The molecule has 0 saturated carbocycles. The Morgan fingerprint density at radius 1 is 0.469 bits per heavy atom. The maximum Gasteiger partial charge on any atom is 0.269 e. The molecule has 1 aliphatic heterocycles. The molecule has 0 unspecified atom stereocenters. The number of hydrogen-bond donors (Lipinski definition) is 0. The van der Waals surface area contributed by atoms with E-state index in [-0.39, 0.29) is 11.0 Å². The normalized spacial score (nSPS) is 18.6. The van der Waals surface area contributed by atoms with Gasteiger partial charge in [0.2, 0.25) is 0 Å². The number of rotatable bonds is 7. The molecule has 5 heterocycles. The van der Waals surface area contributed by atoms with Crippen molar-refractivity contribution in [2.45, 2.75) is 130 Å². The third-order valence-corrected chi connectivity index (χ3v) is 19.6. The fourth-order valence-electron chi connectivity index (χ4n) is 14.4. The van der Waals surface area contributed by atoms with Crippen molar-refractivity contribution in [1.82, 2.24) is 14.1 Å². The van der Waals surface area contributed by atoms with Crippen LogP contribution in [0.3, 0.4) is 0 Å². The number of furan rings is 1. The van der Waals surface area contributed by atoms with Crippen LogP contribution >= 0.6 is 0 Å². The molecular weight excluding hydrogens is 1190 g/mol. The lowest BCUT2D eigenvalue weighted by Crippen LogP contribution is -2.33. The molecule has 17 rings (SSSR count). The van der Waals surface area contributed by atoms with E-state index in [1.807, 2.05) is 149 Å². The van der Waals surface area contributed by atoms with Crippen LogP contribution < -0.4 is 9.30 Å². The largest absolute Gasteiger partial charge is 0.458 e. The predicted molar refractivity (Wildman–Crippen MR) is 407 cm³/mol. The Kier molecular flexibility index (Phi) is 9.77. The Morgan fingerprint density at radius 3 is 1.88 bits per heavy atom. The molecule has 98 heavy (non-hydrogen) atoms. The highest BCUT2D eigenvalue weighted by Gasteiger charge is 2.38. The van der Waals surface area contributed by atoms with E-state index >= 15 is 0 Å². The minimum Gasteiger partial charge on any atom is -0.458 e. The Labute approximate surface area is 602 Å². The summed E-state index contributed by atoms with van der Waals surface area (Å²) in [5, 5.41) is 3.89. The average Bonchev–Trinajstić information content (AvgIpc) is 1.08. The third kappa shape index (κ3) is 10.1. The summed E-state index contributed by atoms with van der Waals surface area (Å²) in [6, 6.07) is 65.9. The second kappa shape index (κ2) is 22.0. The van der Waals surface area contributed by atoms with Crippen molar-refractivity contribution in [3.05, 3.63) is 271 Å². The summed E-state index contributed by atoms with van der Waals surface area (Å²) in [5.41, 5.74) is 2.32. The van der Waals surface area contributed by atoms with Gasteiger partial charge in [-0.3, -0.25) is 13.7 Å². The first-order chi connectivity index (χ1) is 54.7. The van der Waals surface area contributed by atoms with Gasteiger partial charge in [0, 0.05) is 55.7 Å². The van der Waals surface area contributed by atoms with Gasteiger partial charge in [0.05, 0.1) is 37.6 Å². The number of ether oxygens (including phenoxy) is 1. The molecule has 0 fully saturated rings. The Hall–Kier alpha value is -10.6. The van der Waals surface area contributed by atoms with Crippen LogP contribution in [0.5, 0.6) is 11.5 Å². The molecule has 0 atom stereocenters. The maximum absolute atomic E-state index is 10.4. The van der Waals surface area contributed by atoms with Crippen molar-refractivity contribution in [3.63, 3.8) is 0 Å². The molecule has 4 aromatic heterocycles. The molecule has 0 spiro atoms. The zero-order valence-corrected chi connectivity index (χ0v) is 55.9. The van der Waals surface area contributed by atoms with Crippen LogP contribution in [0.4, 0.5) is 0 Å². The monoisotopic (exact) mass is 1290 g/mol. The fraction of sp³-hybridized carbons (Fsp3) is 0.217. The van der Waals surface area contributed by atoms with Gasteiger partial charge in [-0.1, -0.05) is 235 Å². The van der Waals surface area contributed by atoms with E-state index in [0.717, 1.165) is 82.9 Å². The van der Waals surface area contributed by atoms with E-state index < -0.39 is 96.6 Å². The van der Waals surface area contributed by atoms with Crippen molar-refractivity contribution in [2.24, 2.45) is 0 Å². The Balaban J connectivity index is 0.975. The number of benzene rings is 11. The summed E-state index contributed by atoms with van der Waals surface area (Å²) < 4.78 is 197. The van der Waals surface area contributed by atoms with E-state index in [1.54, 1.807) is 12.1 Å². The van der Waals surface area contributed by atoms with Gasteiger partial charge in [-0.25, -0.2) is 4.98 Å². The molecule has 2 aliphatic rings. The second-order valence-corrected chi connectivity index (χ2v) is 29.3. The summed E-state index contributed by atoms with van der Waals surface area (Å²) in [5.74, 6) is 1.81. The van der Waals surface area contributed by atoms with E-state index in [1.165, 1.54) is 6.07 Å². The van der Waals surface area contributed by atoms with Crippen LogP contribution in [0, 0.1) is 6.33 Å². The van der Waals surface area contributed by atoms with Crippen molar-refractivity contribution in [1.29, 1.82) is 0 Å². The van der Waals surface area contributed by atoms with Gasteiger partial charge in [-0.05, 0) is 213 Å². The first-order valence-corrected chi connectivity index (χ1v) is 33.2. The number of fused-ring (bicyclic) bond motifs is 14. The Morgan fingerprint density at radius 2 is 1.10 bits per heavy atom. The Bertz CT molecular complexity index is 6630. The summed E-state index contributed by atoms with van der Waals surface area (Å²) in [7, 11) is 0. The number of imidazole rings is 1. The molecule has 0 bridgehead atoms. The van der Waals surface area contributed by atoms with Gasteiger partial charge in [0.25, 0.3) is 6.33 Å². The summed E-state index contributed by atoms with van der Waals surface area (Å²) >= 11 is 0. The van der Waals surface area contributed by atoms with Crippen LogP contribution in [0.15, 0.2) is 241 Å². The lowest BCUT2D eigenvalue weighted by atomic mass is 9.63. The number of para-hydroxylation sites is 3. The van der Waals surface area contributed by atoms with Crippen molar-refractivity contribution in [3.8, 4) is 95.5 Å². The molecule has 0 amide bonds. The quantitative estimate of drug-likeness (QED) is 0.118. The van der Waals surface area contributed by atoms with Gasteiger partial charge in [0.15, 0.2) is 0 Å². The summed E-state index contributed by atoms with van der Waals surface area (Å²) in [4.78, 5) is 4.94. The van der Waals surface area contributed by atoms with E-state index in [0.29, 0.717) is 72.9 Å². The standard InChI is InChI=1S/C92H82N4O2/c1-88(2,3)61-40-43-93-85(52-61)96-80-30-18-16-26-71(80)72-37-35-66(54-81(72)96)97-65-23-20-22-64(53-65)94-55-95-86-67(60-44-62(89(4,5)6)51-63(45-60)90(7,8)9)28-21-29-74(86)75-46-56(58-33-38-78-79(49-58)92(12,13)42-41-91(78,10)11)32-36-70(75)68-24-14-15-25-69(68)77-48-59(50-82(94)87(77)95)57-34-39-84-76(47-57)73-27-17-19-31-83(73)98-84/h14-40,43-54H,41-42H2,1-13H3/i10D3,11D3,12D3,13D3,33D,38D,41D2,42D2,49D. The SMILES string of the molecule is [2H]c1c([2H])c2c(c([2H])c1-c1ccc3c(c1)-c1cccc(-c4cc(C(C)(C)C)cc(C(C)(C)C)c4)c1-[n+]1[c-]n(-c4cccc(Oc5ccc6c7ccccc7n(-c7cc(C(C)(C)C)ccn7)c6c5)c4)c4cc(-c5ccc6oc7ccccc7c6c5)cc(c41)-c1ccccc1-3)C(C([2H])([2H])[2H])(C([2H])([2H])[2H])C([2H])([2H])C([2H])([2H])C2(C([2H])([2H])[2H])C([2H])([2H])[2H]. The zero-order valence-electron chi connectivity index (χ0n) is 74.9. The first kappa shape index (κ1) is 43.6. The summed E-state index contributed by atoms with van der Waals surface area (Å²) in [6.45, 7) is 2.49. The first-order valence-electron chi connectivity index (χ1n) is 42.7. The lowest BCUT2D eigenvalue weighted by Gasteiger charge is -2.42. The van der Waals surface area contributed by atoms with Gasteiger partial charge in [-0.15, -0.1) is 0 Å². The number of pyridine rings is 1. The molecule has 11 aromatic carbocycles. The van der Waals surface area contributed by atoms with Gasteiger partial charge in [0.1, 0.15) is 28.5 Å². The van der Waals surface area contributed by atoms with Crippen LogP contribution in [0.1, 0.15) is 156 Å². The van der Waals surface area contributed by atoms with E-state index in [9.17, 15) is 9.60 Å². The third-order valence-electron chi connectivity index (χ3n) is 19.6. The number of nitrogens with zero attached hydrogens (tertiary/aromatic N) is 4. The van der Waals surface area contributed by atoms with Gasteiger partial charge >= 0.3 is 0 Å². The van der Waals surface area contributed by atoms with Crippen LogP contribution in [0.2, 0.25) is 0 Å². The van der Waals surface area contributed by atoms with E-state index in [2.05, 4.69) is 134 Å². The van der Waals surface area contributed by atoms with Crippen LogP contribution in [-0.2, 0) is 27.1 Å². The highest BCUT2D eigenvalue weighted by molar-refractivity contribution is 6.10. The molecular formula is C92H82N4O2. The zero-order chi connectivity index (χ0) is 83.7. The highest BCUT2D eigenvalue weighted by Crippen LogP contribution is 2.51. The highest BCUT2D eigenvalue weighted by atomic mass is 16.5. The molecule has 0 saturated heterocycles. The van der Waals surface area contributed by atoms with Crippen molar-refractivity contribution >= 4 is 54.8 Å². The molecule has 15 aromatic rings. The van der Waals surface area contributed by atoms with Crippen LogP contribution in [0.25, 0.3) is 139 Å². The van der Waals surface area contributed by atoms with Crippen molar-refractivity contribution < 1.29 is 39.8 Å². The van der Waals surface area contributed by atoms with Gasteiger partial charge < -0.3 is 9.15 Å². The smallest absolute Gasteiger partial charge is 0.269 e. The number of aromatic nitrogens is 4. The van der Waals surface area contributed by atoms with Gasteiger partial charge in [-0.2, -0.15) is 0 Å². The fourth-order valence-corrected chi connectivity index (χ4v) is 14.4. The molecule has 482 valence electrons. The molecule has 6 heteroatoms. The topological polar surface area (TPSA) is 49.0 Å². The van der Waals surface area contributed by atoms with E-state index in [4.69, 9.17) is 30.6 Å². The molecule has 1 aliphatic carbocycles. The minimum absolute atomic E-state index is 0.145. The lowest BCUT2D eigenvalue weighted by molar-refractivity contribution is -0.570. The van der Waals surface area contributed by atoms with Crippen LogP contribution in [-0.4, -0.2) is 14.1 Å². The predicted octanol–water partition coefficient (Wildman–Crippen LogP) is 24.4. The molecule has 0 N–H and O–H groups in total. The summed E-state index contributed by atoms with van der Waals surface area (Å²) in [6.07, 6.45) is -3.23. The second-order valence-electron chi connectivity index (χ2n) is 29.3. The molecule has 0 radical (unpaired) electrons.